The maximum atomic E-state index is 15.6. The lowest BCUT2D eigenvalue weighted by atomic mass is 9.76. The Morgan fingerprint density at radius 1 is 0.867 bits per heavy atom. The minimum atomic E-state index is -2.01. The number of nitrogens with zero attached hydrogens (tertiary/aromatic N) is 1. The van der Waals surface area contributed by atoms with Crippen LogP contribution in [-0.2, 0) is 46.2 Å². The Labute approximate surface area is 357 Å². The van der Waals surface area contributed by atoms with E-state index in [-0.39, 0.29) is 38.9 Å². The van der Waals surface area contributed by atoms with Crippen LogP contribution in [0.2, 0.25) is 0 Å². The average molecular weight is 848 g/mol. The van der Waals surface area contributed by atoms with Gasteiger partial charge in [0.25, 0.3) is 5.91 Å². The van der Waals surface area contributed by atoms with Crippen LogP contribution in [-0.4, -0.2) is 103 Å². The second kappa shape index (κ2) is 23.4. The van der Waals surface area contributed by atoms with Crippen molar-refractivity contribution in [1.82, 2.24) is 26.2 Å². The summed E-state index contributed by atoms with van der Waals surface area (Å²) >= 11 is 5.87. The number of amides is 6. The van der Waals surface area contributed by atoms with E-state index in [4.69, 9.17) is 25.8 Å². The predicted molar refractivity (Wildman–Crippen MR) is 228 cm³/mol. The van der Waals surface area contributed by atoms with E-state index in [1.54, 1.807) is 51.1 Å². The molecule has 3 aromatic carbocycles. The fourth-order valence-corrected chi connectivity index (χ4v) is 6.92. The molecule has 15 heteroatoms. The Balaban J connectivity index is 1.90. The van der Waals surface area contributed by atoms with E-state index < -0.39 is 71.4 Å². The number of benzene rings is 3. The fourth-order valence-electron chi connectivity index (χ4n) is 6.85. The lowest BCUT2D eigenvalue weighted by Crippen LogP contribution is -2.69. The Bertz CT molecular complexity index is 1890. The van der Waals surface area contributed by atoms with Gasteiger partial charge < -0.3 is 35.1 Å². The molecule has 1 aliphatic rings. The van der Waals surface area contributed by atoms with Crippen molar-refractivity contribution in [3.05, 3.63) is 96.1 Å². The summed E-state index contributed by atoms with van der Waals surface area (Å²) in [7, 11) is 0. The van der Waals surface area contributed by atoms with Crippen LogP contribution in [0.3, 0.4) is 0 Å². The van der Waals surface area contributed by atoms with Crippen molar-refractivity contribution >= 4 is 47.4 Å². The third kappa shape index (κ3) is 14.7. The molecule has 3 unspecified atom stereocenters. The van der Waals surface area contributed by atoms with Gasteiger partial charge in [0.05, 0.1) is 19.8 Å². The molecule has 0 radical (unpaired) electrons. The molecule has 1 aliphatic heterocycles. The molecule has 1 fully saturated rings. The van der Waals surface area contributed by atoms with Gasteiger partial charge in [-0.05, 0) is 49.4 Å². The van der Waals surface area contributed by atoms with E-state index in [0.717, 1.165) is 24.0 Å². The number of halogens is 1. The first-order chi connectivity index (χ1) is 28.7. The second-order valence-electron chi connectivity index (χ2n) is 15.7. The molecular weight excluding hydrogens is 790 g/mol. The summed E-state index contributed by atoms with van der Waals surface area (Å²) in [5.41, 5.74) is 0.000150. The lowest BCUT2D eigenvalue weighted by Gasteiger charge is -2.41. The molecule has 0 aliphatic carbocycles. The summed E-state index contributed by atoms with van der Waals surface area (Å²) in [5, 5.41) is 11.1. The number of nitrogens with one attached hydrogen (secondary N) is 4. The molecule has 0 spiro atoms. The molecule has 4 N–H and O–H groups in total. The van der Waals surface area contributed by atoms with E-state index >= 15 is 4.79 Å². The van der Waals surface area contributed by atoms with Crippen LogP contribution in [0.15, 0.2) is 84.9 Å². The van der Waals surface area contributed by atoms with E-state index in [0.29, 0.717) is 30.8 Å². The fraction of sp³-hybridized carbons (Fsp3) is 0.467. The quantitative estimate of drug-likeness (QED) is 0.0684. The first-order valence-electron chi connectivity index (χ1n) is 20.4. The summed E-state index contributed by atoms with van der Waals surface area (Å²) in [6, 6.07) is 23.8. The highest BCUT2D eigenvalue weighted by Crippen LogP contribution is 2.32. The van der Waals surface area contributed by atoms with Gasteiger partial charge in [0.2, 0.25) is 11.8 Å². The molecule has 0 aromatic heterocycles. The topological polar surface area (TPSA) is 181 Å². The number of imide groups is 1. The number of ether oxygens (including phenoxy) is 3. The summed E-state index contributed by atoms with van der Waals surface area (Å²) in [5.74, 6) is -4.55. The number of alkyl halides is 1. The molecule has 3 atom stereocenters. The van der Waals surface area contributed by atoms with Crippen molar-refractivity contribution < 1.29 is 43.0 Å². The van der Waals surface area contributed by atoms with Gasteiger partial charge in [-0.2, -0.15) is 0 Å². The number of carbonyl (C=O) groups is 6. The van der Waals surface area contributed by atoms with Gasteiger partial charge in [-0.3, -0.25) is 24.5 Å². The Hall–Kier alpha value is -5.47. The smallest absolute Gasteiger partial charge is 0.407 e. The normalized spacial score (nSPS) is 14.7. The number of alkyl carbamates (subject to hydrolysis) is 1. The zero-order chi connectivity index (χ0) is 43.5. The van der Waals surface area contributed by atoms with Crippen molar-refractivity contribution in [2.24, 2.45) is 5.92 Å². The first kappa shape index (κ1) is 47.2. The number of carbonyl (C=O) groups excluding carboxylic acids is 6. The summed E-state index contributed by atoms with van der Waals surface area (Å²) in [6.07, 6.45) is 1.13. The van der Waals surface area contributed by atoms with Crippen molar-refractivity contribution in [2.75, 3.05) is 45.3 Å². The molecule has 0 bridgehead atoms. The Morgan fingerprint density at radius 3 is 2.17 bits per heavy atom. The molecular formula is C45H58ClN5O9. The molecule has 0 saturated carbocycles. The monoisotopic (exact) mass is 847 g/mol. The average Bonchev–Trinajstić information content (AvgIpc) is 3.23. The standard InChI is InChI=1S/C45H58ClN5O9/c1-5-6-9-22-38(52)50-45(28-34-20-14-15-21-36(34)33-18-12-8-13-19-33,35(31-59-39(53)29-46)30-47-43(57)60-44(2,3)4)41(55)48-37(27-32-16-10-7-11-17-32)40(54)49-42(56)51-23-25-58-26-24-51/h7-8,10-21,35,37H,5-6,9,22-31H2,1-4H3,(H,47,57)(H,48,55)(H,50,52)(H,49,54,56). The largest absolute Gasteiger partial charge is 0.464 e. The van der Waals surface area contributed by atoms with E-state index in [2.05, 4.69) is 21.3 Å². The van der Waals surface area contributed by atoms with Gasteiger partial charge >= 0.3 is 18.1 Å². The molecule has 60 heavy (non-hydrogen) atoms. The summed E-state index contributed by atoms with van der Waals surface area (Å²) < 4.78 is 16.5. The van der Waals surface area contributed by atoms with Crippen LogP contribution < -0.4 is 21.3 Å². The van der Waals surface area contributed by atoms with Gasteiger partial charge in [0, 0.05) is 44.8 Å². The van der Waals surface area contributed by atoms with Crippen LogP contribution in [0.5, 0.6) is 0 Å². The van der Waals surface area contributed by atoms with Crippen molar-refractivity contribution in [2.45, 2.75) is 83.4 Å². The maximum Gasteiger partial charge on any atom is 0.407 e. The molecule has 3 aromatic rings. The van der Waals surface area contributed by atoms with Gasteiger partial charge in [-0.1, -0.05) is 105 Å². The van der Waals surface area contributed by atoms with Gasteiger partial charge in [-0.15, -0.1) is 11.6 Å². The van der Waals surface area contributed by atoms with E-state index in [1.807, 2.05) is 61.5 Å². The minimum Gasteiger partial charge on any atom is -0.464 e. The Kier molecular flexibility index (Phi) is 18.4. The van der Waals surface area contributed by atoms with Crippen molar-refractivity contribution in [3.8, 4) is 11.1 Å². The molecule has 1 saturated heterocycles. The molecule has 14 nitrogen and oxygen atoms in total. The number of morpholine rings is 1. The van der Waals surface area contributed by atoms with E-state index in [1.165, 1.54) is 4.90 Å². The third-order valence-corrected chi connectivity index (χ3v) is 10.1. The number of rotatable bonds is 19. The zero-order valence-electron chi connectivity index (χ0n) is 34.9. The van der Waals surface area contributed by atoms with Crippen molar-refractivity contribution in [3.63, 3.8) is 0 Å². The number of hydrogen-bond donors (Lipinski definition) is 4. The Morgan fingerprint density at radius 2 is 1.52 bits per heavy atom. The highest BCUT2D eigenvalue weighted by atomic mass is 35.5. The van der Waals surface area contributed by atoms with Gasteiger partial charge in [0.15, 0.2) is 0 Å². The second-order valence-corrected chi connectivity index (χ2v) is 15.9. The third-order valence-electron chi connectivity index (χ3n) is 9.92. The van der Waals surface area contributed by atoms with Crippen molar-refractivity contribution in [1.29, 1.82) is 0 Å². The highest BCUT2D eigenvalue weighted by Gasteiger charge is 2.49. The predicted octanol–water partition coefficient (Wildman–Crippen LogP) is 5.55. The zero-order valence-corrected chi connectivity index (χ0v) is 35.7. The molecule has 4 rings (SSSR count). The number of unbranched alkanes of at least 4 members (excludes halogenated alkanes) is 2. The van der Waals surface area contributed by atoms with Crippen LogP contribution in [0.25, 0.3) is 11.1 Å². The highest BCUT2D eigenvalue weighted by molar-refractivity contribution is 6.26. The molecule has 6 amide bonds. The van der Waals surface area contributed by atoms with Crippen LogP contribution in [0, 0.1) is 5.92 Å². The van der Waals surface area contributed by atoms with E-state index in [9.17, 15) is 24.0 Å². The number of esters is 1. The van der Waals surface area contributed by atoms with Crippen LogP contribution in [0.1, 0.15) is 64.5 Å². The molecule has 1 heterocycles. The molecule has 324 valence electrons. The minimum absolute atomic E-state index is 0.0298. The first-order valence-corrected chi connectivity index (χ1v) is 20.9. The van der Waals surface area contributed by atoms with Gasteiger partial charge in [0.1, 0.15) is 23.1 Å². The summed E-state index contributed by atoms with van der Waals surface area (Å²) in [6.45, 7) is 7.45. The van der Waals surface area contributed by atoms with Crippen LogP contribution >= 0.6 is 11.6 Å². The lowest BCUT2D eigenvalue weighted by molar-refractivity contribution is -0.146. The van der Waals surface area contributed by atoms with Crippen LogP contribution in [0.4, 0.5) is 9.59 Å². The summed E-state index contributed by atoms with van der Waals surface area (Å²) in [4.78, 5) is 84.6. The number of urea groups is 1. The SMILES string of the molecule is CCCCCC(=O)NC(Cc1ccccc1-c1ccccc1)(C(=O)NC(Cc1ccccc1)C(=O)NC(=O)N1CCOCC1)C(CNC(=O)OC(C)(C)C)COC(=O)CCl. The maximum absolute atomic E-state index is 15.6. The number of hydrogen-bond acceptors (Lipinski definition) is 9. The van der Waals surface area contributed by atoms with Gasteiger partial charge in [-0.25, -0.2) is 9.59 Å².